The largest absolute Gasteiger partial charge is 0.465 e. The fourth-order valence-corrected chi connectivity index (χ4v) is 3.36. The summed E-state index contributed by atoms with van der Waals surface area (Å²) < 4.78 is 10.8. The van der Waals surface area contributed by atoms with Crippen molar-refractivity contribution in [3.05, 3.63) is 71.8 Å². The Kier molecular flexibility index (Phi) is 9.39. The Balaban J connectivity index is 1.70. The summed E-state index contributed by atoms with van der Waals surface area (Å²) in [5.41, 5.74) is 2.18. The van der Waals surface area contributed by atoms with Crippen molar-refractivity contribution in [2.45, 2.75) is 43.9 Å². The van der Waals surface area contributed by atoms with Crippen molar-refractivity contribution in [1.29, 1.82) is 0 Å². The van der Waals surface area contributed by atoms with E-state index < -0.39 is 4.83 Å². The zero-order valence-electron chi connectivity index (χ0n) is 17.2. The van der Waals surface area contributed by atoms with Crippen molar-refractivity contribution >= 4 is 27.9 Å². The molecule has 4 atom stereocenters. The van der Waals surface area contributed by atoms with Gasteiger partial charge in [0, 0.05) is 11.8 Å². The number of alkyl halides is 1. The van der Waals surface area contributed by atoms with Gasteiger partial charge in [-0.1, -0.05) is 97.4 Å². The van der Waals surface area contributed by atoms with Crippen molar-refractivity contribution < 1.29 is 19.1 Å². The molecule has 2 rings (SSSR count). The average molecular weight is 461 g/mol. The molecule has 0 fully saturated rings. The van der Waals surface area contributed by atoms with E-state index in [2.05, 4.69) is 15.9 Å². The molecule has 4 nitrogen and oxygen atoms in total. The Labute approximate surface area is 181 Å². The maximum absolute atomic E-state index is 12.3. The molecule has 4 unspecified atom stereocenters. The van der Waals surface area contributed by atoms with Crippen molar-refractivity contribution in [1.82, 2.24) is 0 Å². The van der Waals surface area contributed by atoms with Gasteiger partial charge in [-0.3, -0.25) is 9.59 Å². The number of rotatable bonds is 10. The van der Waals surface area contributed by atoms with E-state index in [9.17, 15) is 9.59 Å². The molecule has 0 heterocycles. The van der Waals surface area contributed by atoms with Crippen molar-refractivity contribution in [3.63, 3.8) is 0 Å². The Hall–Kier alpha value is -2.14. The minimum absolute atomic E-state index is 0.00342. The third-order valence-electron chi connectivity index (χ3n) is 4.87. The lowest BCUT2D eigenvalue weighted by molar-refractivity contribution is -0.148. The van der Waals surface area contributed by atoms with Crippen LogP contribution in [0.4, 0.5) is 0 Å². The van der Waals surface area contributed by atoms with Gasteiger partial charge in [-0.05, 0) is 17.0 Å². The monoisotopic (exact) mass is 460 g/mol. The lowest BCUT2D eigenvalue weighted by Crippen LogP contribution is -2.26. The zero-order valence-corrected chi connectivity index (χ0v) is 18.8. The maximum atomic E-state index is 12.3. The second-order valence-electron chi connectivity index (χ2n) is 7.54. The normalized spacial score (nSPS) is 15.0. The number of ether oxygens (including phenoxy) is 2. The summed E-state index contributed by atoms with van der Waals surface area (Å²) in [6, 6.07) is 19.7. The van der Waals surface area contributed by atoms with Crippen LogP contribution in [0.3, 0.4) is 0 Å². The molecule has 0 aliphatic heterocycles. The number of benzene rings is 2. The quantitative estimate of drug-likeness (QED) is 0.348. The van der Waals surface area contributed by atoms with Gasteiger partial charge < -0.3 is 9.47 Å². The first-order chi connectivity index (χ1) is 13.9. The van der Waals surface area contributed by atoms with E-state index in [1.807, 2.05) is 81.4 Å². The molecule has 29 heavy (non-hydrogen) atoms. The summed E-state index contributed by atoms with van der Waals surface area (Å²) in [5, 5.41) is 0. The predicted molar refractivity (Wildman–Crippen MR) is 118 cm³/mol. The van der Waals surface area contributed by atoms with Gasteiger partial charge in [-0.15, -0.1) is 0 Å². The minimum Gasteiger partial charge on any atom is -0.465 e. The maximum Gasteiger partial charge on any atom is 0.320 e. The zero-order chi connectivity index (χ0) is 21.2. The van der Waals surface area contributed by atoms with Crippen molar-refractivity contribution in [2.75, 3.05) is 13.2 Å². The fraction of sp³-hybridized carbons (Fsp3) is 0.417. The second-order valence-corrected chi connectivity index (χ2v) is 8.52. The lowest BCUT2D eigenvalue weighted by atomic mass is 9.98. The molecule has 2 aromatic rings. The van der Waals surface area contributed by atoms with Gasteiger partial charge in [0.25, 0.3) is 0 Å². The standard InChI is InChI=1S/C24H29BrO4/c1-17(15-28-22(26)14-18(2)20-10-6-4-7-11-20)16-29-24(27)23(25)19(3)21-12-8-5-9-13-21/h4-13,17-19,23H,14-16H2,1-3H3. The molecule has 0 saturated carbocycles. The van der Waals surface area contributed by atoms with Gasteiger partial charge in [-0.25, -0.2) is 0 Å². The summed E-state index contributed by atoms with van der Waals surface area (Å²) in [7, 11) is 0. The Bertz CT molecular complexity index is 763. The summed E-state index contributed by atoms with van der Waals surface area (Å²) in [6.45, 7) is 6.32. The van der Waals surface area contributed by atoms with Crippen LogP contribution in [0.5, 0.6) is 0 Å². The molecule has 0 aromatic heterocycles. The Morgan fingerprint density at radius 2 is 1.34 bits per heavy atom. The molecule has 0 radical (unpaired) electrons. The molecule has 2 aromatic carbocycles. The van der Waals surface area contributed by atoms with E-state index in [0.717, 1.165) is 11.1 Å². The molecule has 0 aliphatic carbocycles. The average Bonchev–Trinajstić information content (AvgIpc) is 2.76. The van der Waals surface area contributed by atoms with Crippen LogP contribution in [0, 0.1) is 5.92 Å². The number of esters is 2. The third kappa shape index (κ3) is 7.65. The molecular formula is C24H29BrO4. The number of carbonyl (C=O) groups excluding carboxylic acids is 2. The van der Waals surface area contributed by atoms with E-state index in [1.165, 1.54) is 0 Å². The minimum atomic E-state index is -0.425. The van der Waals surface area contributed by atoms with Crippen molar-refractivity contribution in [3.8, 4) is 0 Å². The molecule has 0 N–H and O–H groups in total. The van der Waals surface area contributed by atoms with Crippen LogP contribution in [0.1, 0.15) is 50.2 Å². The molecule has 0 amide bonds. The summed E-state index contributed by atoms with van der Waals surface area (Å²) >= 11 is 3.45. The second kappa shape index (κ2) is 11.8. The lowest BCUT2D eigenvalue weighted by Gasteiger charge is -2.19. The number of hydrogen-bond acceptors (Lipinski definition) is 4. The molecule has 0 bridgehead atoms. The van der Waals surface area contributed by atoms with E-state index in [-0.39, 0.29) is 42.9 Å². The fourth-order valence-electron chi connectivity index (χ4n) is 2.93. The summed E-state index contributed by atoms with van der Waals surface area (Å²) in [6.07, 6.45) is 0.328. The van der Waals surface area contributed by atoms with E-state index >= 15 is 0 Å². The molecule has 156 valence electrons. The SMILES string of the molecule is CC(COC(=O)CC(C)c1ccccc1)COC(=O)C(Br)C(C)c1ccccc1. The highest BCUT2D eigenvalue weighted by atomic mass is 79.9. The first kappa shape index (κ1) is 23.1. The van der Waals surface area contributed by atoms with Gasteiger partial charge in [0.2, 0.25) is 0 Å². The van der Waals surface area contributed by atoms with E-state index in [0.29, 0.717) is 6.42 Å². The smallest absolute Gasteiger partial charge is 0.320 e. The van der Waals surface area contributed by atoms with Gasteiger partial charge in [0.15, 0.2) is 0 Å². The molecular weight excluding hydrogens is 432 g/mol. The van der Waals surface area contributed by atoms with Gasteiger partial charge >= 0.3 is 11.9 Å². The molecule has 0 spiro atoms. The highest BCUT2D eigenvalue weighted by Gasteiger charge is 2.25. The van der Waals surface area contributed by atoms with Crippen LogP contribution in [-0.4, -0.2) is 30.0 Å². The number of carbonyl (C=O) groups is 2. The van der Waals surface area contributed by atoms with Crippen LogP contribution in [0.25, 0.3) is 0 Å². The van der Waals surface area contributed by atoms with E-state index in [1.54, 1.807) is 0 Å². The van der Waals surface area contributed by atoms with Gasteiger partial charge in [-0.2, -0.15) is 0 Å². The summed E-state index contributed by atoms with van der Waals surface area (Å²) in [5.74, 6) is -0.517. The highest BCUT2D eigenvalue weighted by molar-refractivity contribution is 9.10. The van der Waals surface area contributed by atoms with Crippen LogP contribution in [0.15, 0.2) is 60.7 Å². The first-order valence-electron chi connectivity index (χ1n) is 9.94. The van der Waals surface area contributed by atoms with Crippen LogP contribution in [-0.2, 0) is 19.1 Å². The summed E-state index contributed by atoms with van der Waals surface area (Å²) in [4.78, 5) is 24.0. The van der Waals surface area contributed by atoms with Crippen LogP contribution < -0.4 is 0 Å². The molecule has 0 saturated heterocycles. The highest BCUT2D eigenvalue weighted by Crippen LogP contribution is 2.25. The number of halogens is 1. The van der Waals surface area contributed by atoms with Crippen LogP contribution in [0.2, 0.25) is 0 Å². The van der Waals surface area contributed by atoms with Crippen LogP contribution >= 0.6 is 15.9 Å². The van der Waals surface area contributed by atoms with E-state index in [4.69, 9.17) is 9.47 Å². The Morgan fingerprint density at radius 1 is 0.828 bits per heavy atom. The third-order valence-corrected chi connectivity index (χ3v) is 6.04. The predicted octanol–water partition coefficient (Wildman–Crippen LogP) is 5.47. The number of hydrogen-bond donors (Lipinski definition) is 0. The molecule has 0 aliphatic rings. The first-order valence-corrected chi connectivity index (χ1v) is 10.9. The van der Waals surface area contributed by atoms with Gasteiger partial charge in [0.05, 0.1) is 19.6 Å². The van der Waals surface area contributed by atoms with Gasteiger partial charge in [0.1, 0.15) is 4.83 Å². The van der Waals surface area contributed by atoms with Crippen molar-refractivity contribution in [2.24, 2.45) is 5.92 Å². The Morgan fingerprint density at radius 3 is 1.93 bits per heavy atom. The molecule has 5 heteroatoms. The topological polar surface area (TPSA) is 52.6 Å².